The molecule has 0 aliphatic rings. The van der Waals surface area contributed by atoms with Crippen molar-refractivity contribution in [3.8, 4) is 11.4 Å². The van der Waals surface area contributed by atoms with Crippen LogP contribution in [0.5, 0.6) is 5.75 Å². The van der Waals surface area contributed by atoms with Gasteiger partial charge in [-0.2, -0.15) is 13.2 Å². The lowest BCUT2D eigenvalue weighted by Gasteiger charge is -2.13. The number of nitrogens with one attached hydrogen (secondary N) is 2. The van der Waals surface area contributed by atoms with E-state index in [1.807, 2.05) is 0 Å². The summed E-state index contributed by atoms with van der Waals surface area (Å²) in [4.78, 5) is 24.8. The molecule has 0 radical (unpaired) electrons. The second-order valence-electron chi connectivity index (χ2n) is 7.62. The maximum absolute atomic E-state index is 12.9. The van der Waals surface area contributed by atoms with Gasteiger partial charge in [-0.05, 0) is 42.8 Å². The van der Waals surface area contributed by atoms with Gasteiger partial charge in [0.2, 0.25) is 0 Å². The smallest absolute Gasteiger partial charge is 0.416 e. The highest BCUT2D eigenvalue weighted by Gasteiger charge is 2.30. The van der Waals surface area contributed by atoms with Crippen LogP contribution in [0.3, 0.4) is 0 Å². The molecule has 0 unspecified atom stereocenters. The zero-order valence-corrected chi connectivity index (χ0v) is 19.8. The quantitative estimate of drug-likeness (QED) is 0.279. The third-order valence-electron chi connectivity index (χ3n) is 4.95. The van der Waals surface area contributed by atoms with Crippen molar-refractivity contribution in [2.24, 2.45) is 0 Å². The summed E-state index contributed by atoms with van der Waals surface area (Å²) < 4.78 is 63.0. The Labute approximate surface area is 209 Å². The number of hydrogen-bond acceptors (Lipinski definition) is 6. The van der Waals surface area contributed by atoms with Crippen molar-refractivity contribution in [3.05, 3.63) is 71.0 Å². The molecule has 0 spiro atoms. The number of alkyl halides is 4. The van der Waals surface area contributed by atoms with E-state index in [0.717, 1.165) is 12.1 Å². The standard InChI is InChI=1S/C24H25F4N5O4/c1-2-29-22(34)17-6-7-20(21(13-17)37-11-10-36-9-8-25)33-15-19(31-32-33)23(35)30-14-16-4-3-5-18(12-16)24(26,27)28/h3-7,12-13,15H,2,8-11,14H2,1H3,(H,29,34)(H,30,35). The Morgan fingerprint density at radius 3 is 2.57 bits per heavy atom. The SMILES string of the molecule is CCNC(=O)c1ccc(-n2cc(C(=O)NCc3cccc(C(F)(F)F)c3)nn2)c(OCCOCCF)c1. The van der Waals surface area contributed by atoms with Crippen LogP contribution in [0, 0.1) is 0 Å². The Morgan fingerprint density at radius 1 is 1.03 bits per heavy atom. The molecule has 37 heavy (non-hydrogen) atoms. The lowest BCUT2D eigenvalue weighted by molar-refractivity contribution is -0.137. The Kier molecular flexibility index (Phi) is 9.55. The van der Waals surface area contributed by atoms with Gasteiger partial charge in [0.25, 0.3) is 11.8 Å². The lowest BCUT2D eigenvalue weighted by atomic mass is 10.1. The number of rotatable bonds is 12. The molecule has 2 aromatic carbocycles. The third kappa shape index (κ3) is 7.74. The summed E-state index contributed by atoms with van der Waals surface area (Å²) in [7, 11) is 0. The van der Waals surface area contributed by atoms with E-state index in [9.17, 15) is 27.2 Å². The number of ether oxygens (including phenoxy) is 2. The summed E-state index contributed by atoms with van der Waals surface area (Å²) in [5.41, 5.74) is 0.0514. The molecule has 0 aliphatic carbocycles. The fraction of sp³-hybridized carbons (Fsp3) is 0.333. The molecule has 13 heteroatoms. The highest BCUT2D eigenvalue weighted by Crippen LogP contribution is 2.29. The molecule has 1 aromatic heterocycles. The molecule has 0 saturated carbocycles. The first-order chi connectivity index (χ1) is 17.7. The summed E-state index contributed by atoms with van der Waals surface area (Å²) in [5.74, 6) is -0.723. The first-order valence-electron chi connectivity index (χ1n) is 11.3. The van der Waals surface area contributed by atoms with Crippen LogP contribution in [0.25, 0.3) is 5.69 Å². The molecule has 9 nitrogen and oxygen atoms in total. The van der Waals surface area contributed by atoms with Crippen molar-refractivity contribution in [1.29, 1.82) is 0 Å². The molecule has 0 bridgehead atoms. The maximum atomic E-state index is 12.9. The minimum atomic E-state index is -4.49. The Morgan fingerprint density at radius 2 is 1.84 bits per heavy atom. The van der Waals surface area contributed by atoms with Crippen LogP contribution in [-0.4, -0.2) is 59.8 Å². The number of carbonyl (C=O) groups excluding carboxylic acids is 2. The molecule has 198 valence electrons. The highest BCUT2D eigenvalue weighted by atomic mass is 19.4. The van der Waals surface area contributed by atoms with E-state index in [4.69, 9.17) is 9.47 Å². The minimum Gasteiger partial charge on any atom is -0.489 e. The van der Waals surface area contributed by atoms with E-state index in [-0.39, 0.29) is 49.3 Å². The Bertz CT molecular complexity index is 1220. The van der Waals surface area contributed by atoms with Gasteiger partial charge >= 0.3 is 6.18 Å². The largest absolute Gasteiger partial charge is 0.489 e. The molecule has 0 saturated heterocycles. The van der Waals surface area contributed by atoms with E-state index in [1.165, 1.54) is 29.1 Å². The predicted molar refractivity (Wildman–Crippen MR) is 124 cm³/mol. The average Bonchev–Trinajstić information content (AvgIpc) is 3.37. The number of halogens is 4. The molecule has 0 fully saturated rings. The zero-order valence-electron chi connectivity index (χ0n) is 19.8. The van der Waals surface area contributed by atoms with Crippen molar-refractivity contribution in [1.82, 2.24) is 25.6 Å². The average molecular weight is 523 g/mol. The molecule has 3 rings (SSSR count). The highest BCUT2D eigenvalue weighted by molar-refractivity contribution is 5.95. The molecule has 3 aromatic rings. The van der Waals surface area contributed by atoms with Gasteiger partial charge in [-0.25, -0.2) is 9.07 Å². The molecular formula is C24H25F4N5O4. The lowest BCUT2D eigenvalue weighted by Crippen LogP contribution is -2.23. The van der Waals surface area contributed by atoms with Crippen LogP contribution < -0.4 is 15.4 Å². The van der Waals surface area contributed by atoms with Crippen LogP contribution in [-0.2, 0) is 17.5 Å². The fourth-order valence-corrected chi connectivity index (χ4v) is 3.21. The van der Waals surface area contributed by atoms with E-state index in [0.29, 0.717) is 17.8 Å². The normalized spacial score (nSPS) is 11.3. The number of carbonyl (C=O) groups is 2. The summed E-state index contributed by atoms with van der Waals surface area (Å²) in [5, 5.41) is 13.0. The van der Waals surface area contributed by atoms with Crippen LogP contribution in [0.4, 0.5) is 17.6 Å². The number of nitrogens with zero attached hydrogens (tertiary/aromatic N) is 3. The summed E-state index contributed by atoms with van der Waals surface area (Å²) in [6.45, 7) is 1.52. The van der Waals surface area contributed by atoms with Gasteiger partial charge in [-0.3, -0.25) is 9.59 Å². The summed E-state index contributed by atoms with van der Waals surface area (Å²) in [6, 6.07) is 9.21. The van der Waals surface area contributed by atoms with Gasteiger partial charge in [-0.15, -0.1) is 5.10 Å². The fourth-order valence-electron chi connectivity index (χ4n) is 3.21. The molecule has 1 heterocycles. The van der Waals surface area contributed by atoms with Crippen molar-refractivity contribution in [3.63, 3.8) is 0 Å². The van der Waals surface area contributed by atoms with Gasteiger partial charge in [0.05, 0.1) is 25.0 Å². The van der Waals surface area contributed by atoms with Crippen molar-refractivity contribution < 1.29 is 36.6 Å². The van der Waals surface area contributed by atoms with Gasteiger partial charge in [0.15, 0.2) is 5.69 Å². The first kappa shape index (κ1) is 27.6. The second-order valence-corrected chi connectivity index (χ2v) is 7.62. The zero-order chi connectivity index (χ0) is 26.8. The van der Waals surface area contributed by atoms with Gasteiger partial charge in [0.1, 0.15) is 24.7 Å². The topological polar surface area (TPSA) is 107 Å². The first-order valence-corrected chi connectivity index (χ1v) is 11.3. The molecule has 0 aliphatic heterocycles. The number of aromatic nitrogens is 3. The number of amides is 2. The van der Waals surface area contributed by atoms with E-state index in [1.54, 1.807) is 19.1 Å². The van der Waals surface area contributed by atoms with Gasteiger partial charge < -0.3 is 20.1 Å². The Balaban J connectivity index is 1.74. The van der Waals surface area contributed by atoms with Gasteiger partial charge in [0, 0.05) is 18.7 Å². The minimum absolute atomic E-state index is 0.0604. The van der Waals surface area contributed by atoms with Crippen molar-refractivity contribution in [2.75, 3.05) is 33.0 Å². The van der Waals surface area contributed by atoms with E-state index < -0.39 is 24.3 Å². The predicted octanol–water partition coefficient (Wildman–Crippen LogP) is 3.33. The van der Waals surface area contributed by atoms with Crippen LogP contribution >= 0.6 is 0 Å². The monoisotopic (exact) mass is 523 g/mol. The summed E-state index contributed by atoms with van der Waals surface area (Å²) >= 11 is 0. The molecular weight excluding hydrogens is 498 g/mol. The van der Waals surface area contributed by atoms with Gasteiger partial charge in [-0.1, -0.05) is 17.3 Å². The molecule has 0 atom stereocenters. The Hall–Kier alpha value is -4.00. The van der Waals surface area contributed by atoms with Crippen LogP contribution in [0.2, 0.25) is 0 Å². The van der Waals surface area contributed by atoms with Crippen molar-refractivity contribution >= 4 is 11.8 Å². The van der Waals surface area contributed by atoms with Crippen LogP contribution in [0.15, 0.2) is 48.7 Å². The van der Waals surface area contributed by atoms with Crippen molar-refractivity contribution in [2.45, 2.75) is 19.6 Å². The number of hydrogen-bond donors (Lipinski definition) is 2. The maximum Gasteiger partial charge on any atom is 0.416 e. The number of benzene rings is 2. The third-order valence-corrected chi connectivity index (χ3v) is 4.95. The van der Waals surface area contributed by atoms with E-state index >= 15 is 0 Å². The second kappa shape index (κ2) is 12.8. The molecule has 2 N–H and O–H groups in total. The van der Waals surface area contributed by atoms with E-state index in [2.05, 4.69) is 20.9 Å². The molecule has 2 amide bonds. The van der Waals surface area contributed by atoms with Crippen LogP contribution in [0.1, 0.15) is 38.9 Å². The summed E-state index contributed by atoms with van der Waals surface area (Å²) in [6.07, 6.45) is -3.18.